The molecule has 1 saturated heterocycles. The van der Waals surface area contributed by atoms with E-state index in [1.165, 1.54) is 0 Å². The summed E-state index contributed by atoms with van der Waals surface area (Å²) in [4.78, 5) is 203. The van der Waals surface area contributed by atoms with E-state index in [2.05, 4.69) is 58.5 Å². The van der Waals surface area contributed by atoms with E-state index in [0.717, 1.165) is 6.92 Å². The summed E-state index contributed by atoms with van der Waals surface area (Å²) in [6.45, 7) is 7.12. The van der Waals surface area contributed by atoms with E-state index < -0.39 is 213 Å². The van der Waals surface area contributed by atoms with E-state index in [-0.39, 0.29) is 64.0 Å². The van der Waals surface area contributed by atoms with Gasteiger partial charge in [0.1, 0.15) is 60.4 Å². The molecule has 0 unspecified atom stereocenters. The number of unbranched alkanes of at least 4 members (excludes halogenated alkanes) is 2. The molecule has 2 rings (SSSR count). The molecule has 1 heterocycles. The van der Waals surface area contributed by atoms with Crippen molar-refractivity contribution in [1.82, 2.24) is 58.5 Å². The molecule has 1 fully saturated rings. The molecule has 508 valence electrons. The molecule has 11 amide bonds. The van der Waals surface area contributed by atoms with Crippen LogP contribution in [0.1, 0.15) is 136 Å². The van der Waals surface area contributed by atoms with Crippen LogP contribution >= 0.6 is 0 Å². The molecule has 0 aliphatic carbocycles. The first-order valence-electron chi connectivity index (χ1n) is 30.2. The van der Waals surface area contributed by atoms with Gasteiger partial charge < -0.3 is 95.5 Å². The molecule has 0 spiro atoms. The quantitative estimate of drug-likeness (QED) is 0.0393. The third-order valence-corrected chi connectivity index (χ3v) is 14.1. The second-order valence-electron chi connectivity index (χ2n) is 23.0. The normalized spacial score (nSPS) is 24.1. The summed E-state index contributed by atoms with van der Waals surface area (Å²) in [6.07, 6.45) is -6.91. The molecule has 1 aliphatic heterocycles. The summed E-state index contributed by atoms with van der Waals surface area (Å²) >= 11 is 0. The number of carboxylic acids is 4. The van der Waals surface area contributed by atoms with Gasteiger partial charge in [0.15, 0.2) is 0 Å². The largest absolute Gasteiger partial charge is 0.481 e. The highest BCUT2D eigenvalue weighted by atomic mass is 16.4. The molecule has 11 atom stereocenters. The van der Waals surface area contributed by atoms with Crippen LogP contribution in [0.15, 0.2) is 30.3 Å². The second kappa shape index (κ2) is 40.7. The Morgan fingerprint density at radius 2 is 0.747 bits per heavy atom. The fraction of sp³-hybridized carbons (Fsp3) is 0.638. The number of aliphatic hydroxyl groups excluding tert-OH is 1. The van der Waals surface area contributed by atoms with E-state index in [0.29, 0.717) is 18.4 Å². The van der Waals surface area contributed by atoms with Crippen LogP contribution in [0.25, 0.3) is 0 Å². The monoisotopic (exact) mass is 1290 g/mol. The molecule has 0 saturated carbocycles. The van der Waals surface area contributed by atoms with Crippen LogP contribution in [0.3, 0.4) is 0 Å². The Morgan fingerprint density at radius 3 is 1.12 bits per heavy atom. The van der Waals surface area contributed by atoms with E-state index in [9.17, 15) is 97.5 Å². The number of carboxylic acid groups (broad SMARTS) is 4. The van der Waals surface area contributed by atoms with Gasteiger partial charge in [0.2, 0.25) is 65.0 Å². The highest BCUT2D eigenvalue weighted by Gasteiger charge is 2.38. The fourth-order valence-electron chi connectivity index (χ4n) is 9.34. The zero-order valence-electron chi connectivity index (χ0n) is 51.8. The Kier molecular flexibility index (Phi) is 35.0. The first-order chi connectivity index (χ1) is 42.8. The van der Waals surface area contributed by atoms with Gasteiger partial charge in [-0.05, 0) is 108 Å². The van der Waals surface area contributed by atoms with Crippen LogP contribution in [0.4, 0.5) is 0 Å². The predicted molar refractivity (Wildman–Crippen MR) is 322 cm³/mol. The highest BCUT2D eigenvalue weighted by Crippen LogP contribution is 2.14. The first kappa shape index (κ1) is 78.2. The number of carbonyl (C=O) groups is 15. The van der Waals surface area contributed by atoms with E-state index in [1.54, 1.807) is 58.0 Å². The number of nitrogens with two attached hydrogens (primary N) is 2. The number of hydrogen-bond acceptors (Lipinski definition) is 18. The minimum Gasteiger partial charge on any atom is -0.481 e. The zero-order chi connectivity index (χ0) is 68.5. The number of aliphatic hydroxyl groups is 1. The lowest BCUT2D eigenvalue weighted by atomic mass is 9.99. The van der Waals surface area contributed by atoms with Crippen molar-refractivity contribution in [3.63, 3.8) is 0 Å². The molecule has 1 aromatic rings. The molecular weight excluding hydrogens is 1200 g/mol. The van der Waals surface area contributed by atoms with Crippen molar-refractivity contribution in [1.29, 1.82) is 0 Å². The van der Waals surface area contributed by atoms with Crippen molar-refractivity contribution in [3.8, 4) is 0 Å². The van der Waals surface area contributed by atoms with Crippen LogP contribution in [0.5, 0.6) is 0 Å². The second-order valence-corrected chi connectivity index (χ2v) is 23.0. The summed E-state index contributed by atoms with van der Waals surface area (Å²) in [6, 6.07) is -8.93. The Labute approximate surface area is 526 Å². The third kappa shape index (κ3) is 30.5. The SMILES string of the molecule is CC(C)C[C@@H]1NC(=O)[C@H](Cc2ccccc2)NC(=O)[C@H](CCC(=O)O)NC(=O)CNC(=O)[C@H]([C@@H](C)O)NC(=O)[C@H](CCC(=O)O)NC(=O)[C@H](CCC(=O)O)NC(=O)[C@H](CC(=O)O)NC(=O)[C@H](CC(C)C)NC(=O)[C@H](CCCCN)NC(=O)[C@H](CCCCN)NC1=O. The summed E-state index contributed by atoms with van der Waals surface area (Å²) in [7, 11) is 0. The Bertz CT molecular complexity index is 2680. The average Bonchev–Trinajstić information content (AvgIpc) is 3.39. The predicted octanol–water partition coefficient (Wildman–Crippen LogP) is -3.99. The van der Waals surface area contributed by atoms with Gasteiger partial charge in [0, 0.05) is 25.7 Å². The van der Waals surface area contributed by atoms with Gasteiger partial charge in [-0.2, -0.15) is 0 Å². The topological polar surface area (TPSA) is 542 Å². The van der Waals surface area contributed by atoms with Gasteiger partial charge in [-0.25, -0.2) is 0 Å². The van der Waals surface area contributed by atoms with Crippen molar-refractivity contribution in [2.75, 3.05) is 19.6 Å². The van der Waals surface area contributed by atoms with Crippen molar-refractivity contribution >= 4 is 88.9 Å². The van der Waals surface area contributed by atoms with Crippen LogP contribution in [-0.4, -0.2) is 201 Å². The van der Waals surface area contributed by atoms with Gasteiger partial charge in [-0.3, -0.25) is 71.9 Å². The van der Waals surface area contributed by atoms with Crippen molar-refractivity contribution < 1.29 is 97.5 Å². The van der Waals surface area contributed by atoms with Gasteiger partial charge in [0.05, 0.1) is 19.1 Å². The fourth-order valence-corrected chi connectivity index (χ4v) is 9.34. The maximum atomic E-state index is 14.5. The van der Waals surface area contributed by atoms with Crippen molar-refractivity contribution in [2.24, 2.45) is 23.3 Å². The van der Waals surface area contributed by atoms with Gasteiger partial charge in [-0.1, -0.05) is 58.0 Å². The number of amides is 11. The van der Waals surface area contributed by atoms with Crippen LogP contribution in [0, 0.1) is 11.8 Å². The molecule has 91 heavy (non-hydrogen) atoms. The molecule has 33 nitrogen and oxygen atoms in total. The average molecular weight is 1290 g/mol. The lowest BCUT2D eigenvalue weighted by Gasteiger charge is -2.29. The number of benzene rings is 1. The number of carbonyl (C=O) groups excluding carboxylic acids is 11. The van der Waals surface area contributed by atoms with Gasteiger partial charge in [-0.15, -0.1) is 0 Å². The van der Waals surface area contributed by atoms with E-state index >= 15 is 0 Å². The first-order valence-corrected chi connectivity index (χ1v) is 30.2. The molecular formula is C58H91N13O20. The molecule has 1 aliphatic rings. The Balaban J connectivity index is 2.95. The maximum absolute atomic E-state index is 14.5. The van der Waals surface area contributed by atoms with Crippen molar-refractivity contribution in [3.05, 3.63) is 35.9 Å². The maximum Gasteiger partial charge on any atom is 0.305 e. The molecule has 0 bridgehead atoms. The summed E-state index contributed by atoms with van der Waals surface area (Å²) in [5.74, 6) is -19.3. The molecule has 0 aromatic heterocycles. The molecule has 33 heteroatoms. The smallest absolute Gasteiger partial charge is 0.305 e. The van der Waals surface area contributed by atoms with Crippen LogP contribution in [-0.2, 0) is 78.3 Å². The van der Waals surface area contributed by atoms with Crippen molar-refractivity contribution in [2.45, 2.75) is 204 Å². The van der Waals surface area contributed by atoms with E-state index in [4.69, 9.17) is 11.5 Å². The number of rotatable bonds is 26. The number of nitrogens with one attached hydrogen (secondary N) is 11. The summed E-state index contributed by atoms with van der Waals surface area (Å²) in [5, 5.41) is 75.6. The minimum absolute atomic E-state index is 0.0483. The van der Waals surface area contributed by atoms with Gasteiger partial charge in [0.25, 0.3) is 0 Å². The summed E-state index contributed by atoms with van der Waals surface area (Å²) in [5.41, 5.74) is 12.1. The zero-order valence-corrected chi connectivity index (χ0v) is 51.8. The Hall–Kier alpha value is -8.85. The van der Waals surface area contributed by atoms with Crippen LogP contribution < -0.4 is 70.0 Å². The lowest BCUT2D eigenvalue weighted by Crippen LogP contribution is -2.61. The molecule has 1 aromatic carbocycles. The number of aliphatic carboxylic acids is 4. The molecule has 20 N–H and O–H groups in total. The van der Waals surface area contributed by atoms with Gasteiger partial charge >= 0.3 is 23.9 Å². The Morgan fingerprint density at radius 1 is 0.418 bits per heavy atom. The highest BCUT2D eigenvalue weighted by molar-refractivity contribution is 6.00. The lowest BCUT2D eigenvalue weighted by molar-refractivity contribution is -0.142. The minimum atomic E-state index is -2.07. The van der Waals surface area contributed by atoms with Crippen LogP contribution in [0.2, 0.25) is 0 Å². The standard InChI is InChI=1S/C58H91N13O20/c1-30(2)25-39-54(87)64-34(15-9-11-23-59)49(82)63-35(16-10-12-24-60)50(83)67-40(26-31(3)4)55(88)70-42(28-47(80)81)57(90)66-37(18-21-45(76)77)52(85)65-38(19-22-46(78)79)53(86)71-48(32(5)72)58(91)61-29-43(73)62-36(17-20-44(74)75)51(84)69-41(56(89)68-39)27-33-13-7-6-8-14-33/h6-8,13-14,30-32,34-42,48,72H,9-12,15-29,59-60H2,1-5H3,(H,61,91)(H,62,73)(H,63,82)(H,64,87)(H,65,85)(H,66,90)(H,67,83)(H,68,89)(H,69,84)(H,70,88)(H,71,86)(H,74,75)(H,76,77)(H,78,79)(H,80,81)/t32-,34+,35+,36+,37+,38+,39+,40+,41+,42+,48+/m1/s1. The summed E-state index contributed by atoms with van der Waals surface area (Å²) < 4.78 is 0. The number of hydrogen-bond donors (Lipinski definition) is 18. The van der Waals surface area contributed by atoms with E-state index in [1.807, 2.05) is 0 Å². The molecule has 0 radical (unpaired) electrons. The third-order valence-electron chi connectivity index (χ3n) is 14.1.